The van der Waals surface area contributed by atoms with Gasteiger partial charge in [0, 0.05) is 43.4 Å². The van der Waals surface area contributed by atoms with Gasteiger partial charge < -0.3 is 8.98 Å². The van der Waals surface area contributed by atoms with Crippen LogP contribution in [0.2, 0.25) is 0 Å². The standard InChI is InChI=1S/C50H30N4O/c1-3-15-31(16-4-1)33-21-13-22-36-37-23-14-28-44(49(37)55-48(33)36)53-42-26-11-7-19-34(42)38-30-46-39(29-45(38)53)35-20-8-12-27-43(35)54(46)50-47(32-17-5-2-6-18-32)51-40-24-9-10-25-41(40)52-50/h1-30H. The van der Waals surface area contributed by atoms with Crippen LogP contribution in [0, 0.1) is 0 Å². The van der Waals surface area contributed by atoms with Crippen LogP contribution in [0.1, 0.15) is 0 Å². The Kier molecular flexibility index (Phi) is 6.27. The Morgan fingerprint density at radius 3 is 1.60 bits per heavy atom. The molecule has 0 spiro atoms. The quantitative estimate of drug-likeness (QED) is 0.183. The monoisotopic (exact) mass is 702 g/mol. The maximum atomic E-state index is 6.96. The zero-order chi connectivity index (χ0) is 36.0. The van der Waals surface area contributed by atoms with Gasteiger partial charge in [-0.3, -0.25) is 4.57 Å². The number of hydrogen-bond donors (Lipinski definition) is 0. The molecule has 0 aliphatic rings. The van der Waals surface area contributed by atoms with Gasteiger partial charge in [0.2, 0.25) is 0 Å². The van der Waals surface area contributed by atoms with E-state index in [2.05, 4.69) is 161 Å². The second-order valence-corrected chi connectivity index (χ2v) is 14.1. The number of fused-ring (bicyclic) bond motifs is 10. The average molecular weight is 703 g/mol. The summed E-state index contributed by atoms with van der Waals surface area (Å²) in [5.74, 6) is 0.806. The third-order valence-corrected chi connectivity index (χ3v) is 11.1. The maximum absolute atomic E-state index is 6.96. The summed E-state index contributed by atoms with van der Waals surface area (Å²) in [6, 6.07) is 64.0. The molecule has 0 aliphatic carbocycles. The summed E-state index contributed by atoms with van der Waals surface area (Å²) in [4.78, 5) is 10.6. The SMILES string of the molecule is c1ccc(-c2nc3ccccc3nc2-n2c3ccccc3c3cc4c(cc32)c2ccccc2n4-c2cccc3c2oc2c(-c4ccccc4)cccc23)cc1. The Morgan fingerprint density at radius 1 is 0.364 bits per heavy atom. The number of furan rings is 1. The van der Waals surface area contributed by atoms with E-state index in [1.165, 1.54) is 5.39 Å². The Bertz CT molecular complexity index is 3480. The molecule has 5 heteroatoms. The normalized spacial score (nSPS) is 12.0. The van der Waals surface area contributed by atoms with Crippen LogP contribution in [0.3, 0.4) is 0 Å². The van der Waals surface area contributed by atoms with Crippen LogP contribution in [0.15, 0.2) is 186 Å². The lowest BCUT2D eigenvalue weighted by atomic mass is 10.0. The van der Waals surface area contributed by atoms with Gasteiger partial charge in [-0.25, -0.2) is 9.97 Å². The highest BCUT2D eigenvalue weighted by Crippen LogP contribution is 2.43. The largest absolute Gasteiger partial charge is 0.453 e. The lowest BCUT2D eigenvalue weighted by Crippen LogP contribution is -2.03. The Morgan fingerprint density at radius 2 is 0.891 bits per heavy atom. The molecule has 4 heterocycles. The predicted octanol–water partition coefficient (Wildman–Crippen LogP) is 13.1. The highest BCUT2D eigenvalue weighted by molar-refractivity contribution is 6.20. The van der Waals surface area contributed by atoms with E-state index >= 15 is 0 Å². The molecule has 0 amide bonds. The number of rotatable bonds is 4. The van der Waals surface area contributed by atoms with E-state index in [0.29, 0.717) is 0 Å². The number of benzene rings is 8. The van der Waals surface area contributed by atoms with Gasteiger partial charge in [0.25, 0.3) is 0 Å². The Labute approximate surface area is 315 Å². The van der Waals surface area contributed by atoms with Crippen molar-refractivity contribution >= 4 is 76.6 Å². The molecule has 0 radical (unpaired) electrons. The first-order chi connectivity index (χ1) is 27.3. The Balaban J connectivity index is 1.18. The summed E-state index contributed by atoms with van der Waals surface area (Å²) in [7, 11) is 0. The lowest BCUT2D eigenvalue weighted by Gasteiger charge is -2.14. The minimum Gasteiger partial charge on any atom is -0.453 e. The van der Waals surface area contributed by atoms with E-state index < -0.39 is 0 Å². The molecular formula is C50H30N4O. The summed E-state index contributed by atoms with van der Waals surface area (Å²) < 4.78 is 11.7. The number of hydrogen-bond acceptors (Lipinski definition) is 3. The fraction of sp³-hybridized carbons (Fsp3) is 0. The van der Waals surface area contributed by atoms with Crippen molar-refractivity contribution in [1.29, 1.82) is 0 Å². The fourth-order valence-electron chi connectivity index (χ4n) is 8.68. The minimum atomic E-state index is 0.806. The van der Waals surface area contributed by atoms with Crippen LogP contribution in [-0.4, -0.2) is 19.1 Å². The van der Waals surface area contributed by atoms with Gasteiger partial charge in [0.15, 0.2) is 11.4 Å². The van der Waals surface area contributed by atoms with Crippen molar-refractivity contribution < 1.29 is 4.42 Å². The summed E-state index contributed by atoms with van der Waals surface area (Å²) in [6.07, 6.45) is 0. The zero-order valence-corrected chi connectivity index (χ0v) is 29.5. The molecular weight excluding hydrogens is 673 g/mol. The molecule has 8 aromatic carbocycles. The molecule has 0 bridgehead atoms. The van der Waals surface area contributed by atoms with E-state index in [1.807, 2.05) is 30.3 Å². The van der Waals surface area contributed by atoms with Crippen LogP contribution < -0.4 is 0 Å². The number of para-hydroxylation sites is 6. The van der Waals surface area contributed by atoms with Crippen molar-refractivity contribution in [3.63, 3.8) is 0 Å². The molecule has 0 unspecified atom stereocenters. The van der Waals surface area contributed by atoms with Crippen LogP contribution in [0.25, 0.3) is 110 Å². The molecule has 4 aromatic heterocycles. The Hall–Kier alpha value is -7.50. The van der Waals surface area contributed by atoms with Crippen molar-refractivity contribution in [2.24, 2.45) is 0 Å². The van der Waals surface area contributed by atoms with Crippen molar-refractivity contribution in [1.82, 2.24) is 19.1 Å². The third-order valence-electron chi connectivity index (χ3n) is 11.1. The fourth-order valence-corrected chi connectivity index (χ4v) is 8.68. The molecule has 55 heavy (non-hydrogen) atoms. The molecule has 0 saturated heterocycles. The van der Waals surface area contributed by atoms with E-state index in [-0.39, 0.29) is 0 Å². The smallest absolute Gasteiger partial charge is 0.165 e. The van der Waals surface area contributed by atoms with Crippen LogP contribution in [0.5, 0.6) is 0 Å². The van der Waals surface area contributed by atoms with Crippen molar-refractivity contribution in [2.75, 3.05) is 0 Å². The molecule has 256 valence electrons. The number of aromatic nitrogens is 4. The van der Waals surface area contributed by atoms with Crippen LogP contribution in [0.4, 0.5) is 0 Å². The molecule has 5 nitrogen and oxygen atoms in total. The van der Waals surface area contributed by atoms with Crippen LogP contribution >= 0.6 is 0 Å². The van der Waals surface area contributed by atoms with E-state index in [4.69, 9.17) is 14.4 Å². The third kappa shape index (κ3) is 4.35. The van der Waals surface area contributed by atoms with Gasteiger partial charge in [-0.1, -0.05) is 140 Å². The van der Waals surface area contributed by atoms with E-state index in [0.717, 1.165) is 105 Å². The molecule has 12 aromatic rings. The van der Waals surface area contributed by atoms with Gasteiger partial charge in [-0.15, -0.1) is 0 Å². The van der Waals surface area contributed by atoms with Gasteiger partial charge in [0.1, 0.15) is 11.3 Å². The first kappa shape index (κ1) is 30.0. The molecule has 0 fully saturated rings. The second-order valence-electron chi connectivity index (χ2n) is 14.1. The van der Waals surface area contributed by atoms with Gasteiger partial charge in [-0.2, -0.15) is 0 Å². The molecule has 0 aliphatic heterocycles. The minimum absolute atomic E-state index is 0.806. The van der Waals surface area contributed by atoms with Gasteiger partial charge in [-0.05, 0) is 48.0 Å². The lowest BCUT2D eigenvalue weighted by molar-refractivity contribution is 0.667. The van der Waals surface area contributed by atoms with Crippen molar-refractivity contribution in [3.05, 3.63) is 182 Å². The zero-order valence-electron chi connectivity index (χ0n) is 29.5. The second kappa shape index (κ2) is 11.5. The van der Waals surface area contributed by atoms with Gasteiger partial charge >= 0.3 is 0 Å². The topological polar surface area (TPSA) is 48.8 Å². The maximum Gasteiger partial charge on any atom is 0.165 e. The molecule has 0 atom stereocenters. The summed E-state index contributed by atoms with van der Waals surface area (Å²) in [5, 5.41) is 6.82. The first-order valence-corrected chi connectivity index (χ1v) is 18.6. The van der Waals surface area contributed by atoms with E-state index in [1.54, 1.807) is 0 Å². The van der Waals surface area contributed by atoms with Crippen molar-refractivity contribution in [2.45, 2.75) is 0 Å². The predicted molar refractivity (Wildman–Crippen MR) is 226 cm³/mol. The summed E-state index contributed by atoms with van der Waals surface area (Å²) in [5.41, 5.74) is 13.0. The molecule has 0 N–H and O–H groups in total. The summed E-state index contributed by atoms with van der Waals surface area (Å²) >= 11 is 0. The average Bonchev–Trinajstić information content (AvgIpc) is 3.90. The van der Waals surface area contributed by atoms with Crippen LogP contribution in [-0.2, 0) is 0 Å². The first-order valence-electron chi connectivity index (χ1n) is 18.6. The van der Waals surface area contributed by atoms with E-state index in [9.17, 15) is 0 Å². The van der Waals surface area contributed by atoms with Gasteiger partial charge in [0.05, 0.1) is 38.8 Å². The number of nitrogens with zero attached hydrogens (tertiary/aromatic N) is 4. The molecule has 12 rings (SSSR count). The summed E-state index contributed by atoms with van der Waals surface area (Å²) in [6.45, 7) is 0. The van der Waals surface area contributed by atoms with Crippen molar-refractivity contribution in [3.8, 4) is 33.9 Å². The molecule has 0 saturated carbocycles. The highest BCUT2D eigenvalue weighted by atomic mass is 16.3. The highest BCUT2D eigenvalue weighted by Gasteiger charge is 2.23.